The van der Waals surface area contributed by atoms with Crippen LogP contribution in [0.15, 0.2) is 79.0 Å². The summed E-state index contributed by atoms with van der Waals surface area (Å²) < 4.78 is 11.6. The Morgan fingerprint density at radius 1 is 1.00 bits per heavy atom. The lowest BCUT2D eigenvalue weighted by molar-refractivity contribution is -0.538. The van der Waals surface area contributed by atoms with E-state index in [1.807, 2.05) is 79.0 Å². The number of methoxy groups -OCH3 is 1. The highest BCUT2D eigenvalue weighted by atomic mass is 16.6. The van der Waals surface area contributed by atoms with E-state index >= 15 is 0 Å². The van der Waals surface area contributed by atoms with Crippen LogP contribution in [0.5, 0.6) is 11.5 Å². The van der Waals surface area contributed by atoms with Gasteiger partial charge in [-0.3, -0.25) is 10.1 Å². The van der Waals surface area contributed by atoms with Crippen molar-refractivity contribution in [1.29, 1.82) is 0 Å². The number of hydrogen-bond donors (Lipinski definition) is 1. The fraction of sp³-hybridized carbons (Fsp3) is 0.167. The van der Waals surface area contributed by atoms with Crippen molar-refractivity contribution in [3.8, 4) is 11.5 Å². The van der Waals surface area contributed by atoms with Gasteiger partial charge in [-0.25, -0.2) is 0 Å². The number of hydrogen-bond acceptors (Lipinski definition) is 4. The standard InChI is InChI=1S/C24H20N2O4/c1-29-16-11-12-21-18(13-16)22(19-14-25-20-10-6-5-9-17(19)20)23(26(27)28)24(30-21)15-7-3-2-4-8-15/h2-14,22-25H,1H3. The minimum absolute atomic E-state index is 0.216. The van der Waals surface area contributed by atoms with Gasteiger partial charge in [0.05, 0.1) is 13.0 Å². The highest BCUT2D eigenvalue weighted by molar-refractivity contribution is 5.84. The van der Waals surface area contributed by atoms with E-state index in [4.69, 9.17) is 9.47 Å². The highest BCUT2D eigenvalue weighted by Gasteiger charge is 2.49. The average Bonchev–Trinajstić information content (AvgIpc) is 3.21. The minimum Gasteiger partial charge on any atom is -0.497 e. The van der Waals surface area contributed by atoms with Crippen LogP contribution in [0.2, 0.25) is 0 Å². The van der Waals surface area contributed by atoms with E-state index in [2.05, 4.69) is 4.98 Å². The van der Waals surface area contributed by atoms with Gasteiger partial charge in [0.1, 0.15) is 11.5 Å². The van der Waals surface area contributed by atoms with E-state index in [1.54, 1.807) is 7.11 Å². The molecule has 1 N–H and O–H groups in total. The van der Waals surface area contributed by atoms with Crippen LogP contribution in [-0.2, 0) is 0 Å². The van der Waals surface area contributed by atoms with Crippen LogP contribution in [0, 0.1) is 10.1 Å². The van der Waals surface area contributed by atoms with E-state index in [9.17, 15) is 10.1 Å². The molecule has 1 aromatic heterocycles. The Hall–Kier alpha value is -3.80. The summed E-state index contributed by atoms with van der Waals surface area (Å²) in [6.07, 6.45) is 1.17. The Labute approximate surface area is 173 Å². The molecule has 1 aliphatic rings. The normalized spacial score (nSPS) is 20.4. The highest BCUT2D eigenvalue weighted by Crippen LogP contribution is 2.49. The van der Waals surface area contributed by atoms with Gasteiger partial charge in [-0.1, -0.05) is 48.5 Å². The molecule has 0 aliphatic carbocycles. The van der Waals surface area contributed by atoms with Crippen molar-refractivity contribution in [1.82, 2.24) is 4.98 Å². The Balaban J connectivity index is 1.77. The molecule has 0 spiro atoms. The molecule has 0 saturated carbocycles. The molecule has 3 unspecified atom stereocenters. The molecule has 6 nitrogen and oxygen atoms in total. The van der Waals surface area contributed by atoms with Crippen LogP contribution in [0.25, 0.3) is 10.9 Å². The summed E-state index contributed by atoms with van der Waals surface area (Å²) in [6.45, 7) is 0. The lowest BCUT2D eigenvalue weighted by Gasteiger charge is -2.35. The lowest BCUT2D eigenvalue weighted by atomic mass is 9.78. The molecule has 5 rings (SSSR count). The number of aromatic nitrogens is 1. The molecule has 3 atom stereocenters. The third-order valence-electron chi connectivity index (χ3n) is 5.79. The van der Waals surface area contributed by atoms with Crippen molar-refractivity contribution in [3.63, 3.8) is 0 Å². The number of ether oxygens (including phenoxy) is 2. The predicted molar refractivity (Wildman–Crippen MR) is 114 cm³/mol. The number of aromatic amines is 1. The van der Waals surface area contributed by atoms with Gasteiger partial charge in [-0.15, -0.1) is 0 Å². The first-order valence-corrected chi connectivity index (χ1v) is 9.76. The second-order valence-corrected chi connectivity index (χ2v) is 7.40. The van der Waals surface area contributed by atoms with Gasteiger partial charge in [-0.05, 0) is 35.4 Å². The summed E-state index contributed by atoms with van der Waals surface area (Å²) in [5.41, 5.74) is 3.37. The maximum Gasteiger partial charge on any atom is 0.264 e. The lowest BCUT2D eigenvalue weighted by Crippen LogP contribution is -2.40. The molecule has 3 aromatic carbocycles. The largest absolute Gasteiger partial charge is 0.497 e. The smallest absolute Gasteiger partial charge is 0.264 e. The summed E-state index contributed by atoms with van der Waals surface area (Å²) in [5.74, 6) is 0.778. The van der Waals surface area contributed by atoms with E-state index < -0.39 is 18.1 Å². The predicted octanol–water partition coefficient (Wildman–Crippen LogP) is 5.09. The van der Waals surface area contributed by atoms with E-state index in [0.717, 1.165) is 27.6 Å². The number of nitro groups is 1. The Morgan fingerprint density at radius 3 is 2.53 bits per heavy atom. The van der Waals surface area contributed by atoms with Crippen LogP contribution in [-0.4, -0.2) is 23.1 Å². The molecule has 0 fully saturated rings. The number of nitrogens with one attached hydrogen (secondary N) is 1. The average molecular weight is 400 g/mol. The molecule has 150 valence electrons. The van der Waals surface area contributed by atoms with Crippen molar-refractivity contribution in [2.45, 2.75) is 18.1 Å². The SMILES string of the molecule is COc1ccc2c(c1)C(c1c[nH]c3ccccc13)C([N+](=O)[O-])C(c1ccccc1)O2. The third-order valence-corrected chi connectivity index (χ3v) is 5.79. The Kier molecular flexibility index (Phi) is 4.39. The Bertz CT molecular complexity index is 1220. The molecule has 6 heteroatoms. The van der Waals surface area contributed by atoms with Crippen molar-refractivity contribution in [3.05, 3.63) is 106 Å². The summed E-state index contributed by atoms with van der Waals surface area (Å²) >= 11 is 0. The van der Waals surface area contributed by atoms with Gasteiger partial charge >= 0.3 is 0 Å². The number of nitrogens with zero attached hydrogens (tertiary/aromatic N) is 1. The number of para-hydroxylation sites is 1. The first-order valence-electron chi connectivity index (χ1n) is 9.76. The maximum absolute atomic E-state index is 12.4. The van der Waals surface area contributed by atoms with Gasteiger partial charge in [-0.2, -0.15) is 0 Å². The zero-order valence-electron chi connectivity index (χ0n) is 16.3. The van der Waals surface area contributed by atoms with Crippen molar-refractivity contribution in [2.75, 3.05) is 7.11 Å². The maximum atomic E-state index is 12.4. The minimum atomic E-state index is -0.994. The van der Waals surface area contributed by atoms with Crippen LogP contribution in [0.4, 0.5) is 0 Å². The monoisotopic (exact) mass is 400 g/mol. The molecule has 4 aromatic rings. The molecule has 2 heterocycles. The molecule has 0 radical (unpaired) electrons. The molecular weight excluding hydrogens is 380 g/mol. The zero-order chi connectivity index (χ0) is 20.7. The number of fused-ring (bicyclic) bond motifs is 2. The Morgan fingerprint density at radius 2 is 1.77 bits per heavy atom. The van der Waals surface area contributed by atoms with E-state index in [-0.39, 0.29) is 4.92 Å². The van der Waals surface area contributed by atoms with Crippen molar-refractivity contribution < 1.29 is 14.4 Å². The molecule has 0 amide bonds. The third kappa shape index (κ3) is 2.88. The van der Waals surface area contributed by atoms with E-state index in [0.29, 0.717) is 11.5 Å². The summed E-state index contributed by atoms with van der Waals surface area (Å²) in [7, 11) is 1.59. The fourth-order valence-electron chi connectivity index (χ4n) is 4.41. The summed E-state index contributed by atoms with van der Waals surface area (Å²) in [4.78, 5) is 15.5. The van der Waals surface area contributed by atoms with Crippen LogP contribution in [0.3, 0.4) is 0 Å². The number of benzene rings is 3. The summed E-state index contributed by atoms with van der Waals surface area (Å²) in [5, 5.41) is 13.4. The zero-order valence-corrected chi connectivity index (χ0v) is 16.3. The van der Waals surface area contributed by atoms with Gasteiger partial charge in [0, 0.05) is 27.6 Å². The second-order valence-electron chi connectivity index (χ2n) is 7.40. The van der Waals surface area contributed by atoms with Crippen LogP contribution in [0.1, 0.15) is 28.7 Å². The molecule has 0 bridgehead atoms. The summed E-state index contributed by atoms with van der Waals surface area (Å²) in [6, 6.07) is 21.8. The second kappa shape index (κ2) is 7.22. The molecule has 0 saturated heterocycles. The van der Waals surface area contributed by atoms with E-state index in [1.165, 1.54) is 0 Å². The topological polar surface area (TPSA) is 77.4 Å². The van der Waals surface area contributed by atoms with Crippen LogP contribution < -0.4 is 9.47 Å². The van der Waals surface area contributed by atoms with Crippen molar-refractivity contribution >= 4 is 10.9 Å². The van der Waals surface area contributed by atoms with Gasteiger partial charge < -0.3 is 14.5 Å². The fourth-order valence-corrected chi connectivity index (χ4v) is 4.41. The molecule has 1 aliphatic heterocycles. The van der Waals surface area contributed by atoms with Crippen molar-refractivity contribution in [2.24, 2.45) is 0 Å². The molecular formula is C24H20N2O4. The first-order chi connectivity index (χ1) is 14.7. The van der Waals surface area contributed by atoms with Gasteiger partial charge in [0.15, 0.2) is 6.10 Å². The van der Waals surface area contributed by atoms with Gasteiger partial charge in [0.2, 0.25) is 0 Å². The molecule has 30 heavy (non-hydrogen) atoms. The van der Waals surface area contributed by atoms with Gasteiger partial charge in [0.25, 0.3) is 6.04 Å². The quantitative estimate of drug-likeness (QED) is 0.382. The first kappa shape index (κ1) is 18.2. The number of H-pyrrole nitrogens is 1. The number of rotatable bonds is 4. The van der Waals surface area contributed by atoms with Crippen LogP contribution >= 0.6 is 0 Å².